The van der Waals surface area contributed by atoms with Crippen molar-refractivity contribution in [2.45, 2.75) is 25.8 Å². The first-order valence-corrected chi connectivity index (χ1v) is 10.0. The van der Waals surface area contributed by atoms with Crippen LogP contribution in [0.1, 0.15) is 46.2 Å². The van der Waals surface area contributed by atoms with E-state index in [4.69, 9.17) is 4.74 Å². The van der Waals surface area contributed by atoms with E-state index in [1.54, 1.807) is 24.5 Å². The molecule has 0 aliphatic heterocycles. The van der Waals surface area contributed by atoms with Gasteiger partial charge in [0.05, 0.1) is 6.42 Å². The molecule has 0 aliphatic carbocycles. The number of amides is 1. The number of ether oxygens (including phenoxy) is 1. The highest BCUT2D eigenvalue weighted by Crippen LogP contribution is 2.20. The van der Waals surface area contributed by atoms with Gasteiger partial charge >= 0.3 is 5.97 Å². The molecule has 0 fully saturated rings. The summed E-state index contributed by atoms with van der Waals surface area (Å²) in [5, 5.41) is 2.86. The molecule has 3 rings (SSSR count). The highest BCUT2D eigenvalue weighted by molar-refractivity contribution is 5.97. The van der Waals surface area contributed by atoms with Crippen LogP contribution in [0.15, 0.2) is 67.0 Å². The van der Waals surface area contributed by atoms with Gasteiger partial charge in [-0.2, -0.15) is 0 Å². The lowest BCUT2D eigenvalue weighted by molar-refractivity contribution is -0.148. The lowest BCUT2D eigenvalue weighted by Gasteiger charge is -2.19. The number of esters is 1. The van der Waals surface area contributed by atoms with Crippen LogP contribution in [0.25, 0.3) is 0 Å². The third-order valence-electron chi connectivity index (χ3n) is 4.85. The van der Waals surface area contributed by atoms with Crippen molar-refractivity contribution in [1.29, 1.82) is 0 Å². The average Bonchev–Trinajstić information content (AvgIpc) is 3.21. The van der Waals surface area contributed by atoms with Crippen molar-refractivity contribution in [1.82, 2.24) is 14.9 Å². The summed E-state index contributed by atoms with van der Waals surface area (Å²) in [4.78, 5) is 40.9. The topological polar surface area (TPSA) is 90.3 Å². The van der Waals surface area contributed by atoms with E-state index in [9.17, 15) is 14.4 Å². The maximum absolute atomic E-state index is 12.4. The fourth-order valence-electron chi connectivity index (χ4n) is 3.12. The average molecular weight is 419 g/mol. The van der Waals surface area contributed by atoms with Gasteiger partial charge in [0.15, 0.2) is 12.4 Å². The van der Waals surface area contributed by atoms with E-state index < -0.39 is 24.5 Å². The van der Waals surface area contributed by atoms with Gasteiger partial charge in [0.2, 0.25) is 0 Å². The molecular formula is C24H25N3O4. The summed E-state index contributed by atoms with van der Waals surface area (Å²) in [5.74, 6) is -0.520. The van der Waals surface area contributed by atoms with Crippen molar-refractivity contribution in [3.8, 4) is 0 Å². The highest BCUT2D eigenvalue weighted by atomic mass is 16.5. The van der Waals surface area contributed by atoms with Crippen molar-refractivity contribution < 1.29 is 19.1 Å². The molecule has 1 aromatic heterocycles. The molecular weight excluding hydrogens is 394 g/mol. The van der Waals surface area contributed by atoms with Gasteiger partial charge < -0.3 is 14.6 Å². The molecule has 0 bridgehead atoms. The molecule has 1 amide bonds. The smallest absolute Gasteiger partial charge is 0.306 e. The molecule has 7 nitrogen and oxygen atoms in total. The molecule has 0 radical (unpaired) electrons. The number of aromatic nitrogens is 2. The zero-order chi connectivity index (χ0) is 22.2. The van der Waals surface area contributed by atoms with Gasteiger partial charge in [0, 0.05) is 31.4 Å². The quantitative estimate of drug-likeness (QED) is 0.425. The molecule has 0 saturated carbocycles. The lowest BCUT2D eigenvalue weighted by Crippen LogP contribution is -2.34. The summed E-state index contributed by atoms with van der Waals surface area (Å²) in [7, 11) is 1.84. The van der Waals surface area contributed by atoms with Gasteiger partial charge in [0.1, 0.15) is 11.9 Å². The van der Waals surface area contributed by atoms with Crippen LogP contribution in [0.3, 0.4) is 0 Å². The number of nitrogens with zero attached hydrogens (tertiary/aromatic N) is 2. The largest absolute Gasteiger partial charge is 0.456 e. The second kappa shape index (κ2) is 10.3. The molecule has 1 N–H and O–H groups in total. The van der Waals surface area contributed by atoms with Crippen LogP contribution in [0.5, 0.6) is 0 Å². The molecule has 31 heavy (non-hydrogen) atoms. The molecule has 1 heterocycles. The number of carbonyl (C=O) groups excluding carboxylic acids is 3. The Bertz CT molecular complexity index is 1040. The molecule has 0 spiro atoms. The van der Waals surface area contributed by atoms with Crippen molar-refractivity contribution >= 4 is 17.7 Å². The van der Waals surface area contributed by atoms with E-state index in [0.717, 1.165) is 11.1 Å². The summed E-state index contributed by atoms with van der Waals surface area (Å²) < 4.78 is 6.88. The molecule has 3 aromatic rings. The summed E-state index contributed by atoms with van der Waals surface area (Å²) in [6, 6.07) is 16.1. The first-order valence-electron chi connectivity index (χ1n) is 10.0. The van der Waals surface area contributed by atoms with E-state index in [1.807, 2.05) is 61.0 Å². The summed E-state index contributed by atoms with van der Waals surface area (Å²) >= 11 is 0. The van der Waals surface area contributed by atoms with Crippen LogP contribution in [0.4, 0.5) is 0 Å². The number of hydrogen-bond acceptors (Lipinski definition) is 5. The van der Waals surface area contributed by atoms with Crippen LogP contribution in [0, 0.1) is 6.92 Å². The van der Waals surface area contributed by atoms with Gasteiger partial charge in [-0.05, 0) is 12.5 Å². The second-order valence-electron chi connectivity index (χ2n) is 7.26. The van der Waals surface area contributed by atoms with Crippen molar-refractivity contribution in [3.05, 3.63) is 89.5 Å². The Hall–Kier alpha value is -3.74. The Morgan fingerprint density at radius 1 is 1.03 bits per heavy atom. The first-order chi connectivity index (χ1) is 14.9. The van der Waals surface area contributed by atoms with Crippen LogP contribution < -0.4 is 5.32 Å². The monoisotopic (exact) mass is 419 g/mol. The van der Waals surface area contributed by atoms with Gasteiger partial charge in [-0.25, -0.2) is 4.98 Å². The van der Waals surface area contributed by atoms with Crippen molar-refractivity contribution in [3.63, 3.8) is 0 Å². The number of ketones is 1. The predicted molar refractivity (Wildman–Crippen MR) is 115 cm³/mol. The molecule has 160 valence electrons. The Balaban J connectivity index is 1.52. The zero-order valence-electron chi connectivity index (χ0n) is 17.6. The highest BCUT2D eigenvalue weighted by Gasteiger charge is 2.21. The maximum atomic E-state index is 12.4. The number of aryl methyl sites for hydroxylation is 2. The molecule has 0 saturated heterocycles. The number of Topliss-reactive ketones (excluding diaryl/α,β-unsaturated/α-hetero) is 1. The van der Waals surface area contributed by atoms with Gasteiger partial charge in [-0.3, -0.25) is 14.4 Å². The minimum atomic E-state index is -0.594. The fraction of sp³-hybridized carbons (Fsp3) is 0.250. The van der Waals surface area contributed by atoms with Crippen LogP contribution >= 0.6 is 0 Å². The van der Waals surface area contributed by atoms with E-state index in [0.29, 0.717) is 11.4 Å². The number of carbonyl (C=O) groups is 3. The fourth-order valence-corrected chi connectivity index (χ4v) is 3.12. The number of benzene rings is 2. The van der Waals surface area contributed by atoms with Crippen molar-refractivity contribution in [2.75, 3.05) is 6.61 Å². The molecule has 0 unspecified atom stereocenters. The van der Waals surface area contributed by atoms with E-state index in [1.165, 1.54) is 0 Å². The minimum Gasteiger partial charge on any atom is -0.456 e. The third-order valence-corrected chi connectivity index (χ3v) is 4.85. The SMILES string of the molecule is Cc1ccc(C(=O)CCC(=O)OCC(=O)N[C@@H](c2ccccc2)c2nccn2C)cc1. The van der Waals surface area contributed by atoms with Gasteiger partial charge in [-0.15, -0.1) is 0 Å². The van der Waals surface area contributed by atoms with Gasteiger partial charge in [0.25, 0.3) is 5.91 Å². The Morgan fingerprint density at radius 3 is 2.39 bits per heavy atom. The number of hydrogen-bond donors (Lipinski definition) is 1. The van der Waals surface area contributed by atoms with Crippen LogP contribution in [-0.4, -0.2) is 33.8 Å². The summed E-state index contributed by atoms with van der Waals surface area (Å²) in [5.41, 5.74) is 2.47. The van der Waals surface area contributed by atoms with E-state index in [2.05, 4.69) is 10.3 Å². The Labute approximate surface area is 181 Å². The molecule has 0 aliphatic rings. The Kier molecular flexibility index (Phi) is 7.32. The first kappa shape index (κ1) is 22.0. The molecule has 1 atom stereocenters. The third kappa shape index (κ3) is 6.12. The van der Waals surface area contributed by atoms with Crippen LogP contribution in [0.2, 0.25) is 0 Å². The second-order valence-corrected chi connectivity index (χ2v) is 7.26. The number of rotatable bonds is 9. The number of imidazole rings is 1. The van der Waals surface area contributed by atoms with Crippen molar-refractivity contribution in [2.24, 2.45) is 7.05 Å². The van der Waals surface area contributed by atoms with Crippen LogP contribution in [-0.2, 0) is 21.4 Å². The van der Waals surface area contributed by atoms with E-state index >= 15 is 0 Å². The normalized spacial score (nSPS) is 11.5. The summed E-state index contributed by atoms with van der Waals surface area (Å²) in [6.45, 7) is 1.51. The minimum absolute atomic E-state index is 0.0312. The summed E-state index contributed by atoms with van der Waals surface area (Å²) in [6.07, 6.45) is 3.40. The Morgan fingerprint density at radius 2 is 1.74 bits per heavy atom. The van der Waals surface area contributed by atoms with E-state index in [-0.39, 0.29) is 18.6 Å². The lowest BCUT2D eigenvalue weighted by atomic mass is 10.1. The van der Waals surface area contributed by atoms with Gasteiger partial charge in [-0.1, -0.05) is 60.2 Å². The standard InChI is InChI=1S/C24H25N3O4/c1-17-8-10-18(11-9-17)20(28)12-13-22(30)31-16-21(29)26-23(19-6-4-3-5-7-19)24-25-14-15-27(24)2/h3-11,14-15,23H,12-13,16H2,1-2H3,(H,26,29)/t23-/m0/s1. The number of nitrogens with one attached hydrogen (secondary N) is 1. The predicted octanol–water partition coefficient (Wildman–Crippen LogP) is 3.14. The maximum Gasteiger partial charge on any atom is 0.306 e. The molecule has 7 heteroatoms. The molecule has 2 aromatic carbocycles. The zero-order valence-corrected chi connectivity index (χ0v) is 17.6.